The van der Waals surface area contributed by atoms with Gasteiger partial charge < -0.3 is 9.64 Å². The fourth-order valence-corrected chi connectivity index (χ4v) is 2.40. The minimum Gasteiger partial charge on any atom is -0.378 e. The number of ether oxygens (including phenoxy) is 1. The molecule has 1 fully saturated rings. The van der Waals surface area contributed by atoms with Crippen LogP contribution in [-0.2, 0) is 10.6 Å². The zero-order chi connectivity index (χ0) is 10.7. The summed E-state index contributed by atoms with van der Waals surface area (Å²) in [6.07, 6.45) is 0. The highest BCUT2D eigenvalue weighted by Crippen LogP contribution is 2.26. The molecule has 15 heavy (non-hydrogen) atoms. The number of morpholine rings is 1. The van der Waals surface area contributed by atoms with Crippen LogP contribution in [0.3, 0.4) is 0 Å². The molecule has 0 aromatic heterocycles. The molecule has 0 atom stereocenters. The van der Waals surface area contributed by atoms with Crippen LogP contribution in [0, 0.1) is 0 Å². The monoisotopic (exact) mass is 289 g/mol. The molecular weight excluding hydrogens is 277 g/mol. The third-order valence-electron chi connectivity index (χ3n) is 2.54. The Balaban J connectivity index is 2.25. The predicted octanol–water partition coefficient (Wildman–Crippen LogP) is 3.02. The molecule has 0 amide bonds. The Morgan fingerprint density at radius 3 is 2.73 bits per heavy atom. The van der Waals surface area contributed by atoms with Gasteiger partial charge in [0.25, 0.3) is 0 Å². The summed E-state index contributed by atoms with van der Waals surface area (Å²) >= 11 is 9.40. The minimum atomic E-state index is 0.548. The van der Waals surface area contributed by atoms with Crippen LogP contribution in [-0.4, -0.2) is 26.3 Å². The van der Waals surface area contributed by atoms with Crippen molar-refractivity contribution in [2.75, 3.05) is 31.2 Å². The average Bonchev–Trinajstić information content (AvgIpc) is 2.30. The number of hydrogen-bond donors (Lipinski definition) is 0. The number of hydrogen-bond acceptors (Lipinski definition) is 2. The second-order valence-electron chi connectivity index (χ2n) is 3.51. The molecule has 0 unspecified atom stereocenters. The summed E-state index contributed by atoms with van der Waals surface area (Å²) in [5.41, 5.74) is 2.41. The maximum atomic E-state index is 5.94. The van der Waals surface area contributed by atoms with Crippen molar-refractivity contribution in [1.82, 2.24) is 0 Å². The first-order chi connectivity index (χ1) is 7.31. The molecule has 2 rings (SSSR count). The van der Waals surface area contributed by atoms with Gasteiger partial charge in [-0.25, -0.2) is 0 Å². The van der Waals surface area contributed by atoms with E-state index in [9.17, 15) is 0 Å². The Hall–Kier alpha value is -0.250. The fourth-order valence-electron chi connectivity index (χ4n) is 1.77. The van der Waals surface area contributed by atoms with E-state index in [1.54, 1.807) is 0 Å². The molecule has 0 aliphatic carbocycles. The number of benzene rings is 1. The Morgan fingerprint density at radius 1 is 1.33 bits per heavy atom. The third kappa shape index (κ3) is 2.65. The average molecular weight is 291 g/mol. The van der Waals surface area contributed by atoms with Crippen LogP contribution >= 0.6 is 27.5 Å². The van der Waals surface area contributed by atoms with Gasteiger partial charge in [-0.15, -0.1) is 11.6 Å². The number of rotatable bonds is 2. The lowest BCUT2D eigenvalue weighted by molar-refractivity contribution is 0.122. The van der Waals surface area contributed by atoms with Crippen LogP contribution in [0.1, 0.15) is 5.56 Å². The summed E-state index contributed by atoms with van der Waals surface area (Å²) in [7, 11) is 0. The van der Waals surface area contributed by atoms with Crippen molar-refractivity contribution in [3.05, 3.63) is 28.2 Å². The van der Waals surface area contributed by atoms with Crippen molar-refractivity contribution < 1.29 is 4.74 Å². The van der Waals surface area contributed by atoms with Gasteiger partial charge in [-0.1, -0.05) is 15.9 Å². The molecule has 1 heterocycles. The van der Waals surface area contributed by atoms with Gasteiger partial charge in [0.1, 0.15) is 0 Å². The molecule has 0 spiro atoms. The molecule has 1 aliphatic heterocycles. The molecule has 0 N–H and O–H groups in total. The van der Waals surface area contributed by atoms with Gasteiger partial charge >= 0.3 is 0 Å². The van der Waals surface area contributed by atoms with E-state index < -0.39 is 0 Å². The molecule has 2 nitrogen and oxygen atoms in total. The Labute approximate surface area is 103 Å². The highest BCUT2D eigenvalue weighted by atomic mass is 79.9. The van der Waals surface area contributed by atoms with Gasteiger partial charge in [-0.2, -0.15) is 0 Å². The molecule has 1 aromatic carbocycles. The highest BCUT2D eigenvalue weighted by molar-refractivity contribution is 9.10. The van der Waals surface area contributed by atoms with Gasteiger partial charge in [0, 0.05) is 29.1 Å². The van der Waals surface area contributed by atoms with E-state index >= 15 is 0 Å². The Bertz CT molecular complexity index is 339. The van der Waals surface area contributed by atoms with E-state index in [0.29, 0.717) is 5.88 Å². The third-order valence-corrected chi connectivity index (χ3v) is 3.32. The van der Waals surface area contributed by atoms with Gasteiger partial charge in [-0.05, 0) is 23.8 Å². The van der Waals surface area contributed by atoms with Crippen LogP contribution in [0.25, 0.3) is 0 Å². The van der Waals surface area contributed by atoms with E-state index in [1.807, 2.05) is 0 Å². The maximum Gasteiger partial charge on any atom is 0.0642 e. The smallest absolute Gasteiger partial charge is 0.0642 e. The van der Waals surface area contributed by atoms with E-state index in [0.717, 1.165) is 30.8 Å². The lowest BCUT2D eigenvalue weighted by atomic mass is 10.1. The van der Waals surface area contributed by atoms with Crippen molar-refractivity contribution in [1.29, 1.82) is 0 Å². The van der Waals surface area contributed by atoms with Gasteiger partial charge in [-0.3, -0.25) is 0 Å². The largest absolute Gasteiger partial charge is 0.378 e. The number of alkyl halides is 1. The quantitative estimate of drug-likeness (QED) is 0.776. The van der Waals surface area contributed by atoms with E-state index in [1.165, 1.54) is 11.3 Å². The first-order valence-corrected chi connectivity index (χ1v) is 6.31. The Morgan fingerprint density at radius 2 is 2.07 bits per heavy atom. The molecule has 0 radical (unpaired) electrons. The first-order valence-electron chi connectivity index (χ1n) is 4.98. The Kier molecular flexibility index (Phi) is 3.89. The summed E-state index contributed by atoms with van der Waals surface area (Å²) in [6, 6.07) is 6.26. The lowest BCUT2D eigenvalue weighted by Crippen LogP contribution is -2.36. The normalized spacial score (nSPS) is 16.8. The second kappa shape index (κ2) is 5.19. The van der Waals surface area contributed by atoms with Crippen LogP contribution in [0.4, 0.5) is 5.69 Å². The molecule has 1 saturated heterocycles. The van der Waals surface area contributed by atoms with Crippen molar-refractivity contribution in [3.63, 3.8) is 0 Å². The van der Waals surface area contributed by atoms with Crippen LogP contribution in [0.5, 0.6) is 0 Å². The topological polar surface area (TPSA) is 12.5 Å². The highest BCUT2D eigenvalue weighted by Gasteiger charge is 2.14. The van der Waals surface area contributed by atoms with E-state index in [4.69, 9.17) is 16.3 Å². The number of halogens is 2. The summed E-state index contributed by atoms with van der Waals surface area (Å²) < 4.78 is 6.41. The van der Waals surface area contributed by atoms with Crippen molar-refractivity contribution >= 4 is 33.2 Å². The van der Waals surface area contributed by atoms with Gasteiger partial charge in [0.05, 0.1) is 13.2 Å². The lowest BCUT2D eigenvalue weighted by Gasteiger charge is -2.30. The number of nitrogens with zero attached hydrogens (tertiary/aromatic N) is 1. The molecule has 0 bridgehead atoms. The molecule has 1 aliphatic rings. The summed E-state index contributed by atoms with van der Waals surface area (Å²) in [4.78, 5) is 2.33. The second-order valence-corrected chi connectivity index (χ2v) is 4.69. The first kappa shape index (κ1) is 11.2. The number of anilines is 1. The zero-order valence-corrected chi connectivity index (χ0v) is 10.7. The van der Waals surface area contributed by atoms with Gasteiger partial charge in [0.2, 0.25) is 0 Å². The van der Waals surface area contributed by atoms with Crippen LogP contribution in [0.15, 0.2) is 22.7 Å². The maximum absolute atomic E-state index is 5.94. The summed E-state index contributed by atoms with van der Waals surface area (Å²) in [5.74, 6) is 0.548. The molecule has 4 heteroatoms. The summed E-state index contributed by atoms with van der Waals surface area (Å²) in [5, 5.41) is 0. The predicted molar refractivity (Wildman–Crippen MR) is 66.7 cm³/mol. The SMILES string of the molecule is ClCc1cc(Br)ccc1N1CCOCC1. The van der Waals surface area contributed by atoms with E-state index in [2.05, 4.69) is 39.0 Å². The molecule has 0 saturated carbocycles. The molecule has 82 valence electrons. The van der Waals surface area contributed by atoms with E-state index in [-0.39, 0.29) is 0 Å². The fraction of sp³-hybridized carbons (Fsp3) is 0.455. The standard InChI is InChI=1S/C11H13BrClNO/c12-10-1-2-11(9(7-10)8-13)14-3-5-15-6-4-14/h1-2,7H,3-6,8H2. The minimum absolute atomic E-state index is 0.548. The van der Waals surface area contributed by atoms with Crippen molar-refractivity contribution in [2.45, 2.75) is 5.88 Å². The zero-order valence-electron chi connectivity index (χ0n) is 8.38. The molecule has 1 aromatic rings. The van der Waals surface area contributed by atoms with Crippen molar-refractivity contribution in [2.24, 2.45) is 0 Å². The summed E-state index contributed by atoms with van der Waals surface area (Å²) in [6.45, 7) is 3.51. The van der Waals surface area contributed by atoms with Crippen LogP contribution in [0.2, 0.25) is 0 Å². The molecular formula is C11H13BrClNO. The van der Waals surface area contributed by atoms with Gasteiger partial charge in [0.15, 0.2) is 0 Å². The van der Waals surface area contributed by atoms with Crippen LogP contribution < -0.4 is 4.90 Å². The van der Waals surface area contributed by atoms with Crippen molar-refractivity contribution in [3.8, 4) is 0 Å².